The van der Waals surface area contributed by atoms with Crippen molar-refractivity contribution in [2.24, 2.45) is 0 Å². The lowest BCUT2D eigenvalue weighted by molar-refractivity contribution is -0.162. The summed E-state index contributed by atoms with van der Waals surface area (Å²) < 4.78 is 17.3. The second-order valence-electron chi connectivity index (χ2n) is 15.9. The van der Waals surface area contributed by atoms with Crippen LogP contribution in [0, 0.1) is 0 Å². The number of unbranched alkanes of at least 4 members (excludes halogenated alkanes) is 9. The zero-order valence-corrected chi connectivity index (χ0v) is 41.0. The molecule has 0 aromatic heterocycles. The summed E-state index contributed by atoms with van der Waals surface area (Å²) in [5.41, 5.74) is 0. The first-order valence-electron chi connectivity index (χ1n) is 25.4. The van der Waals surface area contributed by atoms with Gasteiger partial charge in [0.15, 0.2) is 6.10 Å². The number of rotatable bonds is 44. The Morgan fingerprint density at radius 3 is 1.09 bits per heavy atom. The minimum absolute atomic E-state index is 0.0195. The molecule has 0 aliphatic carbocycles. The lowest BCUT2D eigenvalue weighted by Gasteiger charge is -2.18. The first-order chi connectivity index (χ1) is 31.6. The van der Waals surface area contributed by atoms with Gasteiger partial charge in [-0.3, -0.25) is 9.59 Å². The highest BCUT2D eigenvalue weighted by Crippen LogP contribution is 2.12. The molecule has 0 saturated carbocycles. The van der Waals surface area contributed by atoms with Crippen LogP contribution in [0.25, 0.3) is 0 Å². The predicted octanol–water partition coefficient (Wildman–Crippen LogP) is 17.3. The predicted molar refractivity (Wildman–Crippen MR) is 278 cm³/mol. The van der Waals surface area contributed by atoms with Crippen molar-refractivity contribution >= 4 is 11.9 Å². The maximum atomic E-state index is 12.8. The van der Waals surface area contributed by atoms with Crippen LogP contribution in [-0.4, -0.2) is 37.9 Å². The van der Waals surface area contributed by atoms with Gasteiger partial charge in [0.05, 0.1) is 6.61 Å². The summed E-state index contributed by atoms with van der Waals surface area (Å²) in [5.74, 6) is -0.520. The van der Waals surface area contributed by atoms with Crippen LogP contribution in [0.5, 0.6) is 0 Å². The van der Waals surface area contributed by atoms with Gasteiger partial charge in [-0.25, -0.2) is 0 Å². The van der Waals surface area contributed by atoms with E-state index < -0.39 is 6.10 Å². The topological polar surface area (TPSA) is 61.8 Å². The fraction of sp³-hybridized carbons (Fsp3) is 0.559. The van der Waals surface area contributed by atoms with Crippen molar-refractivity contribution in [3.05, 3.63) is 146 Å². The minimum atomic E-state index is -0.604. The summed E-state index contributed by atoms with van der Waals surface area (Å²) >= 11 is 0. The van der Waals surface area contributed by atoms with Crippen LogP contribution in [0.15, 0.2) is 146 Å². The van der Waals surface area contributed by atoms with Crippen LogP contribution < -0.4 is 0 Å². The standard InChI is InChI=1S/C59H92O5/c1-4-7-10-13-16-19-22-25-28-30-32-34-37-40-43-46-49-52-58(60)63-56-57(55-62-54-51-48-45-42-39-36-27-24-21-18-15-12-9-6-3)64-59(61)53-50-47-44-41-38-35-33-31-29-26-23-20-17-14-11-8-5-2/h7-12,16-21,25-29,32,34,36,40,42-43,45,57H,4-6,13-15,22-24,30-31,33,35,37-39,41,44,46-56H2,1-3H3/b10-7-,11-8-,12-9-,19-16-,20-17-,21-18-,28-25-,29-26-,34-32-,36-27-,43-40-,45-42-. The third kappa shape index (κ3) is 50.4. The molecule has 1 unspecified atom stereocenters. The molecule has 0 saturated heterocycles. The molecule has 5 heteroatoms. The molecule has 5 nitrogen and oxygen atoms in total. The first-order valence-corrected chi connectivity index (χ1v) is 25.4. The van der Waals surface area contributed by atoms with E-state index in [1.165, 1.54) is 25.7 Å². The van der Waals surface area contributed by atoms with Crippen molar-refractivity contribution < 1.29 is 23.8 Å². The van der Waals surface area contributed by atoms with E-state index in [9.17, 15) is 9.59 Å². The Hall–Kier alpha value is -4.22. The minimum Gasteiger partial charge on any atom is -0.462 e. The summed E-state index contributed by atoms with van der Waals surface area (Å²) in [7, 11) is 0. The third-order valence-corrected chi connectivity index (χ3v) is 9.85. The molecule has 1 atom stereocenters. The number of allylic oxidation sites excluding steroid dienone is 24. The molecular formula is C59H92O5. The van der Waals surface area contributed by atoms with Gasteiger partial charge < -0.3 is 14.2 Å². The van der Waals surface area contributed by atoms with Crippen LogP contribution in [0.4, 0.5) is 0 Å². The Balaban J connectivity index is 4.49. The average molecular weight is 881 g/mol. The van der Waals surface area contributed by atoms with Gasteiger partial charge in [0, 0.05) is 19.4 Å². The van der Waals surface area contributed by atoms with Gasteiger partial charge in [-0.15, -0.1) is 0 Å². The van der Waals surface area contributed by atoms with E-state index >= 15 is 0 Å². The largest absolute Gasteiger partial charge is 0.462 e. The monoisotopic (exact) mass is 881 g/mol. The molecule has 0 aromatic carbocycles. The maximum Gasteiger partial charge on any atom is 0.306 e. The number of carbonyl (C=O) groups excluding carboxylic acids is 2. The maximum absolute atomic E-state index is 12.8. The third-order valence-electron chi connectivity index (χ3n) is 9.85. The molecule has 0 N–H and O–H groups in total. The number of esters is 2. The van der Waals surface area contributed by atoms with Crippen molar-refractivity contribution in [1.29, 1.82) is 0 Å². The quantitative estimate of drug-likeness (QED) is 0.0347. The Kier molecular flexibility index (Phi) is 49.6. The van der Waals surface area contributed by atoms with Crippen LogP contribution in [0.3, 0.4) is 0 Å². The van der Waals surface area contributed by atoms with Gasteiger partial charge in [-0.05, 0) is 122 Å². The van der Waals surface area contributed by atoms with Gasteiger partial charge in [0.25, 0.3) is 0 Å². The van der Waals surface area contributed by atoms with Crippen molar-refractivity contribution in [2.45, 2.75) is 194 Å². The van der Waals surface area contributed by atoms with Crippen molar-refractivity contribution in [3.63, 3.8) is 0 Å². The van der Waals surface area contributed by atoms with Gasteiger partial charge in [0.1, 0.15) is 6.61 Å². The number of ether oxygens (including phenoxy) is 3. The fourth-order valence-electron chi connectivity index (χ4n) is 6.21. The molecule has 0 spiro atoms. The summed E-state index contributed by atoms with van der Waals surface area (Å²) in [6, 6.07) is 0. The Morgan fingerprint density at radius 1 is 0.344 bits per heavy atom. The molecule has 0 aromatic rings. The Labute approximate surface area is 393 Å². The molecule has 0 heterocycles. The van der Waals surface area contributed by atoms with Gasteiger partial charge in [-0.2, -0.15) is 0 Å². The van der Waals surface area contributed by atoms with E-state index in [4.69, 9.17) is 14.2 Å². The van der Waals surface area contributed by atoms with Crippen molar-refractivity contribution in [2.75, 3.05) is 19.8 Å². The molecule has 0 fully saturated rings. The lowest BCUT2D eigenvalue weighted by Crippen LogP contribution is -2.30. The molecule has 0 aliphatic heterocycles. The highest BCUT2D eigenvalue weighted by Gasteiger charge is 2.17. The second-order valence-corrected chi connectivity index (χ2v) is 15.9. The molecular weight excluding hydrogens is 789 g/mol. The van der Waals surface area contributed by atoms with E-state index in [2.05, 4.69) is 167 Å². The molecule has 0 amide bonds. The second kappa shape index (κ2) is 53.1. The average Bonchev–Trinajstić information content (AvgIpc) is 3.30. The van der Waals surface area contributed by atoms with E-state index in [0.717, 1.165) is 122 Å². The van der Waals surface area contributed by atoms with Crippen molar-refractivity contribution in [3.8, 4) is 0 Å². The smallest absolute Gasteiger partial charge is 0.306 e. The Morgan fingerprint density at radius 2 is 0.672 bits per heavy atom. The van der Waals surface area contributed by atoms with E-state index in [-0.39, 0.29) is 25.2 Å². The first kappa shape index (κ1) is 59.8. The number of hydrogen-bond donors (Lipinski definition) is 0. The van der Waals surface area contributed by atoms with Crippen molar-refractivity contribution in [1.82, 2.24) is 0 Å². The molecule has 0 rings (SSSR count). The van der Waals surface area contributed by atoms with Crippen LogP contribution in [0.1, 0.15) is 188 Å². The van der Waals surface area contributed by atoms with Crippen LogP contribution in [-0.2, 0) is 23.8 Å². The fourth-order valence-corrected chi connectivity index (χ4v) is 6.21. The summed E-state index contributed by atoms with van der Waals surface area (Å²) in [6.45, 7) is 7.25. The van der Waals surface area contributed by atoms with E-state index in [1.807, 2.05) is 0 Å². The zero-order valence-electron chi connectivity index (χ0n) is 41.0. The number of hydrogen-bond acceptors (Lipinski definition) is 5. The molecule has 64 heavy (non-hydrogen) atoms. The Bertz CT molecular complexity index is 1410. The van der Waals surface area contributed by atoms with Gasteiger partial charge in [-0.1, -0.05) is 199 Å². The van der Waals surface area contributed by atoms with E-state index in [0.29, 0.717) is 25.9 Å². The summed E-state index contributed by atoms with van der Waals surface area (Å²) in [5, 5.41) is 0. The molecule has 0 bridgehead atoms. The SMILES string of the molecule is CC/C=C\C/C=C\C/C=C\C/C=C\C/C=C\CCCC(=O)OCC(COCCC/C=C\C/C=C\C/C=C\C/C=C\CC)OC(=O)CCCCCCCCC/C=C\C/C=C\C/C=C\CC. The summed E-state index contributed by atoms with van der Waals surface area (Å²) in [6.07, 6.45) is 77.3. The highest BCUT2D eigenvalue weighted by atomic mass is 16.6. The van der Waals surface area contributed by atoms with Crippen LogP contribution >= 0.6 is 0 Å². The van der Waals surface area contributed by atoms with E-state index in [1.54, 1.807) is 0 Å². The van der Waals surface area contributed by atoms with Gasteiger partial charge in [0.2, 0.25) is 0 Å². The number of carbonyl (C=O) groups is 2. The molecule has 0 aliphatic rings. The van der Waals surface area contributed by atoms with Gasteiger partial charge >= 0.3 is 11.9 Å². The summed E-state index contributed by atoms with van der Waals surface area (Å²) in [4.78, 5) is 25.4. The normalized spacial score (nSPS) is 13.5. The molecule has 0 radical (unpaired) electrons. The molecule has 358 valence electrons. The zero-order chi connectivity index (χ0) is 46.3. The van der Waals surface area contributed by atoms with Crippen LogP contribution in [0.2, 0.25) is 0 Å². The lowest BCUT2D eigenvalue weighted by atomic mass is 10.1. The highest BCUT2D eigenvalue weighted by molar-refractivity contribution is 5.70.